The molecule has 1 aliphatic heterocycles. The first-order valence-corrected chi connectivity index (χ1v) is 3.90. The molecule has 12 heavy (non-hydrogen) atoms. The van der Waals surface area contributed by atoms with Crippen molar-refractivity contribution in [1.29, 1.82) is 0 Å². The van der Waals surface area contributed by atoms with E-state index in [1.165, 1.54) is 0 Å². The van der Waals surface area contributed by atoms with Crippen LogP contribution in [0, 0.1) is 0 Å². The van der Waals surface area contributed by atoms with E-state index in [2.05, 4.69) is 0 Å². The van der Waals surface area contributed by atoms with Crippen LogP contribution in [0.3, 0.4) is 0 Å². The summed E-state index contributed by atoms with van der Waals surface area (Å²) in [4.78, 5) is 1.62. The predicted molar refractivity (Wildman–Crippen MR) is 37.7 cm³/mol. The van der Waals surface area contributed by atoms with Crippen LogP contribution in [0.4, 0.5) is 13.2 Å². The zero-order valence-corrected chi connectivity index (χ0v) is 6.80. The third-order valence-electron chi connectivity index (χ3n) is 2.24. The maximum atomic E-state index is 11.8. The Kier molecular flexibility index (Phi) is 2.63. The minimum atomic E-state index is -4.48. The van der Waals surface area contributed by atoms with Crippen LogP contribution in [0.2, 0.25) is 0 Å². The summed E-state index contributed by atoms with van der Waals surface area (Å²) < 4.78 is 35.5. The fourth-order valence-corrected chi connectivity index (χ4v) is 1.17. The van der Waals surface area contributed by atoms with E-state index in [-0.39, 0.29) is 12.6 Å². The van der Waals surface area contributed by atoms with E-state index in [9.17, 15) is 13.2 Å². The lowest BCUT2D eigenvalue weighted by molar-refractivity contribution is -0.212. The molecule has 2 atom stereocenters. The lowest BCUT2D eigenvalue weighted by Crippen LogP contribution is -2.51. The second-order valence-corrected chi connectivity index (χ2v) is 3.19. The molecule has 5 heteroatoms. The number of alkyl halides is 3. The van der Waals surface area contributed by atoms with Crippen LogP contribution in [-0.4, -0.2) is 41.4 Å². The van der Waals surface area contributed by atoms with Crippen molar-refractivity contribution >= 4 is 0 Å². The van der Waals surface area contributed by atoms with Gasteiger partial charge in [0, 0.05) is 19.1 Å². The third kappa shape index (κ3) is 2.10. The Morgan fingerprint density at radius 3 is 2.42 bits per heavy atom. The monoisotopic (exact) mass is 183 g/mol. The maximum Gasteiger partial charge on any atom is 0.415 e. The van der Waals surface area contributed by atoms with E-state index in [0.29, 0.717) is 6.54 Å². The van der Waals surface area contributed by atoms with Crippen LogP contribution in [0.5, 0.6) is 0 Å². The Morgan fingerprint density at radius 2 is 2.17 bits per heavy atom. The summed E-state index contributed by atoms with van der Waals surface area (Å²) in [5.41, 5.74) is 0. The SMILES string of the molecule is CC1CCN1CC(O)C(F)(F)F. The summed E-state index contributed by atoms with van der Waals surface area (Å²) in [6.45, 7) is 2.23. The van der Waals surface area contributed by atoms with Gasteiger partial charge in [0.1, 0.15) is 0 Å². The molecule has 1 rings (SSSR count). The van der Waals surface area contributed by atoms with Gasteiger partial charge >= 0.3 is 6.18 Å². The molecule has 1 fully saturated rings. The standard InChI is InChI=1S/C7H12F3NO/c1-5-2-3-11(5)4-6(12)7(8,9)10/h5-6,12H,2-4H2,1H3. The number of nitrogens with zero attached hydrogens (tertiary/aromatic N) is 1. The first-order valence-electron chi connectivity index (χ1n) is 3.90. The van der Waals surface area contributed by atoms with Gasteiger partial charge in [0.15, 0.2) is 6.10 Å². The predicted octanol–water partition coefficient (Wildman–Crippen LogP) is 1.00. The van der Waals surface area contributed by atoms with Gasteiger partial charge in [-0.25, -0.2) is 0 Å². The van der Waals surface area contributed by atoms with Gasteiger partial charge < -0.3 is 5.11 Å². The molecule has 1 N–H and O–H groups in total. The second kappa shape index (κ2) is 3.22. The lowest BCUT2D eigenvalue weighted by atomic mass is 10.0. The lowest BCUT2D eigenvalue weighted by Gasteiger charge is -2.39. The van der Waals surface area contributed by atoms with Gasteiger partial charge in [0.2, 0.25) is 0 Å². The zero-order valence-electron chi connectivity index (χ0n) is 6.80. The largest absolute Gasteiger partial charge is 0.415 e. The molecular formula is C7H12F3NO. The summed E-state index contributed by atoms with van der Waals surface area (Å²) in [5, 5.41) is 8.67. The normalized spacial score (nSPS) is 28.2. The number of aliphatic hydroxyl groups is 1. The molecule has 2 unspecified atom stereocenters. The van der Waals surface area contributed by atoms with Crippen molar-refractivity contribution in [3.63, 3.8) is 0 Å². The Bertz CT molecular complexity index is 159. The Hall–Kier alpha value is -0.290. The summed E-state index contributed by atoms with van der Waals surface area (Å²) in [7, 11) is 0. The minimum Gasteiger partial charge on any atom is -0.382 e. The molecule has 1 aliphatic rings. The average molecular weight is 183 g/mol. The first-order chi connectivity index (χ1) is 5.41. The molecule has 0 aromatic rings. The molecule has 2 nitrogen and oxygen atoms in total. The molecule has 72 valence electrons. The number of hydrogen-bond acceptors (Lipinski definition) is 2. The molecule has 0 saturated carbocycles. The smallest absolute Gasteiger partial charge is 0.382 e. The van der Waals surface area contributed by atoms with E-state index < -0.39 is 12.3 Å². The molecule has 0 bridgehead atoms. The van der Waals surface area contributed by atoms with Crippen molar-refractivity contribution in [2.45, 2.75) is 31.7 Å². The molecule has 0 aromatic carbocycles. The molecule has 0 aromatic heterocycles. The molecule has 1 heterocycles. The minimum absolute atomic E-state index is 0.182. The first kappa shape index (κ1) is 9.80. The summed E-state index contributed by atoms with van der Waals surface area (Å²) >= 11 is 0. The summed E-state index contributed by atoms with van der Waals surface area (Å²) in [6, 6.07) is 0.182. The third-order valence-corrected chi connectivity index (χ3v) is 2.24. The number of halogens is 3. The van der Waals surface area contributed by atoms with Crippen molar-refractivity contribution in [3.05, 3.63) is 0 Å². The quantitative estimate of drug-likeness (QED) is 0.690. The van der Waals surface area contributed by atoms with E-state index in [4.69, 9.17) is 5.11 Å². The molecule has 0 spiro atoms. The number of rotatable bonds is 2. The molecule has 0 radical (unpaired) electrons. The molecule has 0 amide bonds. The van der Waals surface area contributed by atoms with E-state index >= 15 is 0 Å². The van der Waals surface area contributed by atoms with Gasteiger partial charge in [0.25, 0.3) is 0 Å². The van der Waals surface area contributed by atoms with Gasteiger partial charge in [-0.05, 0) is 13.3 Å². The highest BCUT2D eigenvalue weighted by Crippen LogP contribution is 2.24. The Balaban J connectivity index is 2.31. The Morgan fingerprint density at radius 1 is 1.58 bits per heavy atom. The zero-order chi connectivity index (χ0) is 9.35. The highest BCUT2D eigenvalue weighted by Gasteiger charge is 2.40. The van der Waals surface area contributed by atoms with E-state index in [1.807, 2.05) is 6.92 Å². The van der Waals surface area contributed by atoms with Crippen molar-refractivity contribution in [2.75, 3.05) is 13.1 Å². The van der Waals surface area contributed by atoms with Crippen molar-refractivity contribution in [3.8, 4) is 0 Å². The van der Waals surface area contributed by atoms with Crippen molar-refractivity contribution in [2.24, 2.45) is 0 Å². The van der Waals surface area contributed by atoms with Gasteiger partial charge in [-0.15, -0.1) is 0 Å². The van der Waals surface area contributed by atoms with Gasteiger partial charge in [-0.1, -0.05) is 0 Å². The topological polar surface area (TPSA) is 23.5 Å². The fraction of sp³-hybridized carbons (Fsp3) is 1.00. The van der Waals surface area contributed by atoms with E-state index in [0.717, 1.165) is 6.42 Å². The summed E-state index contributed by atoms with van der Waals surface area (Å²) in [6.07, 6.45) is -5.75. The van der Waals surface area contributed by atoms with Crippen LogP contribution in [0.1, 0.15) is 13.3 Å². The van der Waals surface area contributed by atoms with Crippen LogP contribution in [0.15, 0.2) is 0 Å². The Labute approximate surface area is 69.0 Å². The summed E-state index contributed by atoms with van der Waals surface area (Å²) in [5.74, 6) is 0. The van der Waals surface area contributed by atoms with Crippen molar-refractivity contribution in [1.82, 2.24) is 4.90 Å². The highest BCUT2D eigenvalue weighted by atomic mass is 19.4. The number of β-amino-alcohol motifs (C(OH)–C–C–N with tert-alkyl or cyclic N) is 1. The number of aliphatic hydroxyl groups excluding tert-OH is 1. The number of hydrogen-bond donors (Lipinski definition) is 1. The van der Waals surface area contributed by atoms with E-state index in [1.54, 1.807) is 4.90 Å². The van der Waals surface area contributed by atoms with Crippen LogP contribution in [-0.2, 0) is 0 Å². The van der Waals surface area contributed by atoms with Gasteiger partial charge in [-0.2, -0.15) is 13.2 Å². The average Bonchev–Trinajstić information content (AvgIpc) is 1.95. The van der Waals surface area contributed by atoms with Gasteiger partial charge in [0.05, 0.1) is 0 Å². The highest BCUT2D eigenvalue weighted by molar-refractivity contribution is 4.82. The molecule has 0 aliphatic carbocycles. The molecule has 1 saturated heterocycles. The van der Waals surface area contributed by atoms with Gasteiger partial charge in [-0.3, -0.25) is 4.90 Å². The molecular weight excluding hydrogens is 171 g/mol. The maximum absolute atomic E-state index is 11.8. The second-order valence-electron chi connectivity index (χ2n) is 3.19. The fourth-order valence-electron chi connectivity index (χ4n) is 1.17. The van der Waals surface area contributed by atoms with Crippen LogP contribution in [0.25, 0.3) is 0 Å². The van der Waals surface area contributed by atoms with Crippen LogP contribution < -0.4 is 0 Å². The van der Waals surface area contributed by atoms with Crippen molar-refractivity contribution < 1.29 is 18.3 Å². The number of likely N-dealkylation sites (tertiary alicyclic amines) is 1. The van der Waals surface area contributed by atoms with Crippen LogP contribution >= 0.6 is 0 Å².